The molecule has 0 saturated heterocycles. The fourth-order valence-corrected chi connectivity index (χ4v) is 2.99. The first kappa shape index (κ1) is 15.2. The number of anilines is 1. The summed E-state index contributed by atoms with van der Waals surface area (Å²) in [7, 11) is -3.44. The molecule has 1 heterocycles. The maximum Gasteiger partial charge on any atom is 0.225 e. The number of sulfone groups is 1. The predicted octanol–water partition coefficient (Wildman–Crippen LogP) is 2.19. The normalized spacial score (nSPS) is 11.1. The van der Waals surface area contributed by atoms with E-state index in [-0.39, 0.29) is 23.0 Å². The van der Waals surface area contributed by atoms with Crippen molar-refractivity contribution in [1.29, 1.82) is 0 Å². The van der Waals surface area contributed by atoms with Crippen LogP contribution < -0.4 is 5.32 Å². The molecule has 1 aromatic heterocycles. The van der Waals surface area contributed by atoms with E-state index in [1.165, 1.54) is 0 Å². The second-order valence-corrected chi connectivity index (χ2v) is 6.78. The molecule has 0 saturated carbocycles. The molecule has 0 aliphatic heterocycles. The molecule has 0 radical (unpaired) electrons. The lowest BCUT2D eigenvalue weighted by atomic mass is 10.2. The molecule has 5 nitrogen and oxygen atoms in total. The molecule has 2 aromatic rings. The third kappa shape index (κ3) is 4.39. The molecular formula is C15H16N2O3S. The fourth-order valence-electron chi connectivity index (χ4n) is 1.75. The quantitative estimate of drug-likeness (QED) is 0.918. The molecule has 1 aromatic carbocycles. The van der Waals surface area contributed by atoms with Crippen molar-refractivity contribution in [3.63, 3.8) is 0 Å². The Labute approximate surface area is 124 Å². The number of nitrogens with zero attached hydrogens (tertiary/aromatic N) is 1. The first-order valence-corrected chi connectivity index (χ1v) is 8.12. The minimum atomic E-state index is -3.44. The molecule has 21 heavy (non-hydrogen) atoms. The number of aromatic nitrogens is 1. The number of nitrogens with one attached hydrogen (secondary N) is 1. The van der Waals surface area contributed by atoms with E-state index in [1.54, 1.807) is 48.8 Å². The summed E-state index contributed by atoms with van der Waals surface area (Å²) in [6, 6.07) is 9.89. The summed E-state index contributed by atoms with van der Waals surface area (Å²) in [6.45, 7) is 1.89. The van der Waals surface area contributed by atoms with Crippen LogP contribution in [-0.2, 0) is 14.6 Å². The zero-order valence-electron chi connectivity index (χ0n) is 11.6. The molecule has 0 spiro atoms. The van der Waals surface area contributed by atoms with Crippen molar-refractivity contribution in [3.05, 3.63) is 54.4 Å². The average Bonchev–Trinajstić information content (AvgIpc) is 2.47. The Morgan fingerprint density at radius 1 is 1.10 bits per heavy atom. The van der Waals surface area contributed by atoms with Gasteiger partial charge in [0.05, 0.1) is 10.6 Å². The van der Waals surface area contributed by atoms with Crippen molar-refractivity contribution in [2.45, 2.75) is 18.2 Å². The van der Waals surface area contributed by atoms with Gasteiger partial charge in [0, 0.05) is 24.5 Å². The predicted molar refractivity (Wildman–Crippen MR) is 80.7 cm³/mol. The van der Waals surface area contributed by atoms with Crippen LogP contribution in [0.4, 0.5) is 5.69 Å². The van der Waals surface area contributed by atoms with Crippen LogP contribution in [0.2, 0.25) is 0 Å². The molecule has 0 aliphatic rings. The second kappa shape index (κ2) is 6.49. The van der Waals surface area contributed by atoms with Crippen molar-refractivity contribution < 1.29 is 13.2 Å². The Kier molecular flexibility index (Phi) is 4.70. The summed E-state index contributed by atoms with van der Waals surface area (Å²) < 4.78 is 24.2. The zero-order chi connectivity index (χ0) is 15.3. The van der Waals surface area contributed by atoms with Gasteiger partial charge in [0.1, 0.15) is 0 Å². The number of carbonyl (C=O) groups excluding carboxylic acids is 1. The van der Waals surface area contributed by atoms with Gasteiger partial charge in [-0.05, 0) is 31.2 Å². The highest BCUT2D eigenvalue weighted by atomic mass is 32.2. The fraction of sp³-hybridized carbons (Fsp3) is 0.200. The third-order valence-corrected chi connectivity index (χ3v) is 4.67. The van der Waals surface area contributed by atoms with E-state index in [4.69, 9.17) is 0 Å². The highest BCUT2D eigenvalue weighted by molar-refractivity contribution is 7.91. The van der Waals surface area contributed by atoms with Gasteiger partial charge in [-0.1, -0.05) is 17.7 Å². The number of benzene rings is 1. The van der Waals surface area contributed by atoms with Crippen molar-refractivity contribution in [2.24, 2.45) is 0 Å². The van der Waals surface area contributed by atoms with Gasteiger partial charge in [0.2, 0.25) is 5.91 Å². The Hall–Kier alpha value is -2.21. The summed E-state index contributed by atoms with van der Waals surface area (Å²) in [5.74, 6) is -0.552. The van der Waals surface area contributed by atoms with Crippen LogP contribution >= 0.6 is 0 Å². The van der Waals surface area contributed by atoms with E-state index >= 15 is 0 Å². The standard InChI is InChI=1S/C15H16N2O3S/c1-12-2-4-14(5-3-12)21(19,20)11-8-15(18)17-13-6-9-16-10-7-13/h2-7,9-10H,8,11H2,1H3,(H,16,17,18). The van der Waals surface area contributed by atoms with E-state index in [9.17, 15) is 13.2 Å². The molecule has 1 amide bonds. The Bertz CT molecular complexity index is 710. The number of aryl methyl sites for hydroxylation is 1. The number of amides is 1. The van der Waals surface area contributed by atoms with E-state index in [1.807, 2.05) is 6.92 Å². The largest absolute Gasteiger partial charge is 0.326 e. The van der Waals surface area contributed by atoms with E-state index in [2.05, 4.69) is 10.3 Å². The molecule has 1 N–H and O–H groups in total. The molecular weight excluding hydrogens is 288 g/mol. The van der Waals surface area contributed by atoms with Crippen LogP contribution in [0.1, 0.15) is 12.0 Å². The number of hydrogen-bond donors (Lipinski definition) is 1. The van der Waals surface area contributed by atoms with Crippen LogP contribution in [0.25, 0.3) is 0 Å². The van der Waals surface area contributed by atoms with Crippen LogP contribution in [0, 0.1) is 6.92 Å². The van der Waals surface area contributed by atoms with Gasteiger partial charge in [-0.25, -0.2) is 8.42 Å². The Morgan fingerprint density at radius 2 is 1.71 bits per heavy atom. The van der Waals surface area contributed by atoms with Crippen molar-refractivity contribution >= 4 is 21.4 Å². The highest BCUT2D eigenvalue weighted by Gasteiger charge is 2.16. The number of hydrogen-bond acceptors (Lipinski definition) is 4. The summed E-state index contributed by atoms with van der Waals surface area (Å²) in [5.41, 5.74) is 1.59. The van der Waals surface area contributed by atoms with Crippen molar-refractivity contribution in [2.75, 3.05) is 11.1 Å². The van der Waals surface area contributed by atoms with Gasteiger partial charge in [0.15, 0.2) is 9.84 Å². The average molecular weight is 304 g/mol. The molecule has 0 aliphatic carbocycles. The van der Waals surface area contributed by atoms with E-state index in [0.717, 1.165) is 5.56 Å². The van der Waals surface area contributed by atoms with Gasteiger partial charge in [-0.3, -0.25) is 9.78 Å². The van der Waals surface area contributed by atoms with Gasteiger partial charge in [0.25, 0.3) is 0 Å². The minimum Gasteiger partial charge on any atom is -0.326 e. The topological polar surface area (TPSA) is 76.1 Å². The summed E-state index contributed by atoms with van der Waals surface area (Å²) in [5, 5.41) is 2.63. The monoisotopic (exact) mass is 304 g/mol. The maximum absolute atomic E-state index is 12.1. The summed E-state index contributed by atoms with van der Waals surface area (Å²) in [4.78, 5) is 15.8. The minimum absolute atomic E-state index is 0.0848. The molecule has 0 bridgehead atoms. The van der Waals surface area contributed by atoms with Gasteiger partial charge >= 0.3 is 0 Å². The maximum atomic E-state index is 12.1. The molecule has 6 heteroatoms. The summed E-state index contributed by atoms with van der Waals surface area (Å²) >= 11 is 0. The van der Waals surface area contributed by atoms with Crippen LogP contribution in [0.15, 0.2) is 53.7 Å². The number of carbonyl (C=O) groups is 1. The number of rotatable bonds is 5. The Balaban J connectivity index is 1.95. The van der Waals surface area contributed by atoms with Gasteiger partial charge in [-0.15, -0.1) is 0 Å². The second-order valence-electron chi connectivity index (χ2n) is 4.67. The molecule has 2 rings (SSSR count). The lowest BCUT2D eigenvalue weighted by molar-refractivity contribution is -0.115. The van der Waals surface area contributed by atoms with Gasteiger partial charge < -0.3 is 5.32 Å². The lowest BCUT2D eigenvalue weighted by Gasteiger charge is -2.06. The third-order valence-electron chi connectivity index (χ3n) is 2.94. The van der Waals surface area contributed by atoms with Crippen molar-refractivity contribution in [3.8, 4) is 0 Å². The number of pyridine rings is 1. The summed E-state index contributed by atoms with van der Waals surface area (Å²) in [6.07, 6.45) is 3.02. The Morgan fingerprint density at radius 3 is 2.33 bits per heavy atom. The van der Waals surface area contributed by atoms with E-state index < -0.39 is 9.84 Å². The first-order valence-electron chi connectivity index (χ1n) is 6.47. The first-order chi connectivity index (χ1) is 9.97. The lowest BCUT2D eigenvalue weighted by Crippen LogP contribution is -2.17. The van der Waals surface area contributed by atoms with Crippen LogP contribution in [0.5, 0.6) is 0 Å². The zero-order valence-corrected chi connectivity index (χ0v) is 12.4. The smallest absolute Gasteiger partial charge is 0.225 e. The van der Waals surface area contributed by atoms with Crippen LogP contribution in [-0.4, -0.2) is 25.1 Å². The van der Waals surface area contributed by atoms with E-state index in [0.29, 0.717) is 5.69 Å². The SMILES string of the molecule is Cc1ccc(S(=O)(=O)CCC(=O)Nc2ccncc2)cc1. The van der Waals surface area contributed by atoms with Crippen LogP contribution in [0.3, 0.4) is 0 Å². The molecule has 0 fully saturated rings. The van der Waals surface area contributed by atoms with Crippen molar-refractivity contribution in [1.82, 2.24) is 4.98 Å². The van der Waals surface area contributed by atoms with Gasteiger partial charge in [-0.2, -0.15) is 0 Å². The molecule has 0 atom stereocenters. The molecule has 110 valence electrons. The highest BCUT2D eigenvalue weighted by Crippen LogP contribution is 2.13. The molecule has 0 unspecified atom stereocenters.